The molecule has 2 aromatic carbocycles. The zero-order valence-electron chi connectivity index (χ0n) is 18.1. The molecule has 0 bridgehead atoms. The molecule has 0 spiro atoms. The van der Waals surface area contributed by atoms with Gasteiger partial charge in [-0.1, -0.05) is 45.0 Å². The van der Waals surface area contributed by atoms with Gasteiger partial charge in [-0.3, -0.25) is 9.59 Å². The summed E-state index contributed by atoms with van der Waals surface area (Å²) in [5.74, 6) is 1.04. The summed E-state index contributed by atoms with van der Waals surface area (Å²) in [6.07, 6.45) is 0.199. The van der Waals surface area contributed by atoms with Gasteiger partial charge < -0.3 is 19.7 Å². The Morgan fingerprint density at radius 3 is 2.50 bits per heavy atom. The second kappa shape index (κ2) is 9.20. The Morgan fingerprint density at radius 2 is 1.83 bits per heavy atom. The van der Waals surface area contributed by atoms with Crippen LogP contribution in [0.15, 0.2) is 48.5 Å². The number of likely N-dealkylation sites (N-methyl/N-ethyl adjacent to an activating group) is 1. The van der Waals surface area contributed by atoms with Gasteiger partial charge in [0.05, 0.1) is 18.8 Å². The van der Waals surface area contributed by atoms with E-state index in [0.29, 0.717) is 30.9 Å². The molecule has 0 aliphatic carbocycles. The molecular formula is C24H30N2O4. The molecule has 3 rings (SSSR count). The number of carbonyl (C=O) groups is 2. The number of para-hydroxylation sites is 2. The van der Waals surface area contributed by atoms with Gasteiger partial charge in [0.25, 0.3) is 5.91 Å². The number of anilines is 1. The molecule has 1 heterocycles. The third-order valence-electron chi connectivity index (χ3n) is 5.14. The molecule has 1 N–H and O–H groups in total. The largest absolute Gasteiger partial charge is 0.494 e. The predicted octanol–water partition coefficient (Wildman–Crippen LogP) is 3.68. The lowest BCUT2D eigenvalue weighted by Crippen LogP contribution is -2.50. The quantitative estimate of drug-likeness (QED) is 0.738. The van der Waals surface area contributed by atoms with E-state index < -0.39 is 6.10 Å². The first-order valence-electron chi connectivity index (χ1n) is 10.3. The van der Waals surface area contributed by atoms with Crippen molar-refractivity contribution >= 4 is 17.5 Å². The first-order chi connectivity index (χ1) is 14.3. The fourth-order valence-electron chi connectivity index (χ4n) is 3.37. The number of hydrogen-bond acceptors (Lipinski definition) is 4. The Balaban J connectivity index is 1.56. The van der Waals surface area contributed by atoms with Crippen LogP contribution in [0.4, 0.5) is 5.69 Å². The van der Waals surface area contributed by atoms with Crippen LogP contribution >= 0.6 is 0 Å². The Kier molecular flexibility index (Phi) is 6.65. The van der Waals surface area contributed by atoms with E-state index in [9.17, 15) is 9.59 Å². The molecule has 1 unspecified atom stereocenters. The lowest BCUT2D eigenvalue weighted by atomic mass is 9.87. The number of rotatable bonds is 6. The van der Waals surface area contributed by atoms with Crippen LogP contribution in [0.1, 0.15) is 39.2 Å². The Hall–Kier alpha value is -3.02. The van der Waals surface area contributed by atoms with Gasteiger partial charge in [-0.25, -0.2) is 0 Å². The average Bonchev–Trinajstić information content (AvgIpc) is 2.74. The molecular weight excluding hydrogens is 380 g/mol. The van der Waals surface area contributed by atoms with Crippen molar-refractivity contribution in [1.29, 1.82) is 0 Å². The van der Waals surface area contributed by atoms with Gasteiger partial charge in [-0.15, -0.1) is 0 Å². The number of carbonyl (C=O) groups excluding carboxylic acids is 2. The van der Waals surface area contributed by atoms with Crippen LogP contribution in [-0.2, 0) is 15.0 Å². The summed E-state index contributed by atoms with van der Waals surface area (Å²) >= 11 is 0. The highest BCUT2D eigenvalue weighted by atomic mass is 16.5. The first kappa shape index (κ1) is 21.7. The molecule has 0 aromatic heterocycles. The van der Waals surface area contributed by atoms with E-state index in [1.807, 2.05) is 30.3 Å². The van der Waals surface area contributed by atoms with Gasteiger partial charge in [-0.05, 0) is 41.7 Å². The van der Waals surface area contributed by atoms with Crippen LogP contribution in [0.25, 0.3) is 0 Å². The Bertz CT molecular complexity index is 887. The van der Waals surface area contributed by atoms with Crippen molar-refractivity contribution in [1.82, 2.24) is 5.32 Å². The van der Waals surface area contributed by atoms with E-state index in [4.69, 9.17) is 9.47 Å². The zero-order chi connectivity index (χ0) is 21.7. The first-order valence-corrected chi connectivity index (χ1v) is 10.3. The molecule has 30 heavy (non-hydrogen) atoms. The van der Waals surface area contributed by atoms with Crippen LogP contribution in [0.5, 0.6) is 11.5 Å². The summed E-state index contributed by atoms with van der Waals surface area (Å²) in [4.78, 5) is 26.6. The highest BCUT2D eigenvalue weighted by Crippen LogP contribution is 2.33. The summed E-state index contributed by atoms with van der Waals surface area (Å²) in [6, 6.07) is 15.4. The third kappa shape index (κ3) is 5.12. The molecule has 1 atom stereocenters. The molecule has 6 heteroatoms. The predicted molar refractivity (Wildman–Crippen MR) is 117 cm³/mol. The summed E-state index contributed by atoms with van der Waals surface area (Å²) in [5.41, 5.74) is 2.05. The molecule has 2 amide bonds. The fraction of sp³-hybridized carbons (Fsp3) is 0.417. The van der Waals surface area contributed by atoms with E-state index >= 15 is 0 Å². The number of amides is 2. The number of fused-ring (bicyclic) bond motifs is 1. The minimum Gasteiger partial charge on any atom is -0.494 e. The zero-order valence-corrected chi connectivity index (χ0v) is 18.1. The van der Waals surface area contributed by atoms with Gasteiger partial charge in [0.15, 0.2) is 6.10 Å². The van der Waals surface area contributed by atoms with E-state index in [0.717, 1.165) is 5.75 Å². The maximum absolute atomic E-state index is 12.9. The van der Waals surface area contributed by atoms with E-state index in [-0.39, 0.29) is 23.8 Å². The van der Waals surface area contributed by atoms with Crippen LogP contribution < -0.4 is 19.7 Å². The summed E-state index contributed by atoms with van der Waals surface area (Å²) in [7, 11) is 1.56. The Labute approximate surface area is 178 Å². The lowest BCUT2D eigenvalue weighted by Gasteiger charge is -2.34. The summed E-state index contributed by atoms with van der Waals surface area (Å²) in [5, 5.41) is 2.59. The van der Waals surface area contributed by atoms with Gasteiger partial charge in [0, 0.05) is 13.5 Å². The van der Waals surface area contributed by atoms with Gasteiger partial charge >= 0.3 is 0 Å². The number of nitrogens with one attached hydrogen (secondary N) is 1. The van der Waals surface area contributed by atoms with Gasteiger partial charge in [-0.2, -0.15) is 0 Å². The molecule has 6 nitrogen and oxygen atoms in total. The van der Waals surface area contributed by atoms with Crippen LogP contribution in [-0.4, -0.2) is 38.1 Å². The highest BCUT2D eigenvalue weighted by Gasteiger charge is 2.32. The maximum Gasteiger partial charge on any atom is 0.262 e. The number of nitrogens with zero attached hydrogens (tertiary/aromatic N) is 1. The monoisotopic (exact) mass is 410 g/mol. The van der Waals surface area contributed by atoms with Gasteiger partial charge in [0.1, 0.15) is 11.5 Å². The van der Waals surface area contributed by atoms with Crippen molar-refractivity contribution in [2.75, 3.05) is 25.1 Å². The normalized spacial score (nSPS) is 15.7. The molecule has 1 aliphatic heterocycles. The Morgan fingerprint density at radius 1 is 1.13 bits per heavy atom. The molecule has 1 aliphatic rings. The fourth-order valence-corrected chi connectivity index (χ4v) is 3.37. The van der Waals surface area contributed by atoms with Crippen LogP contribution in [0, 0.1) is 0 Å². The minimum atomic E-state index is -0.716. The molecule has 2 aromatic rings. The maximum atomic E-state index is 12.9. The standard InChI is InChI=1S/C24H30N2O4/c1-24(2,3)17-11-13-18(14-12-17)29-15-7-10-22(27)26-16-21(23(28)25-4)30-20-9-6-5-8-19(20)26/h5-6,8-9,11-14,21H,7,10,15-16H2,1-4H3,(H,25,28). The van der Waals surface area contributed by atoms with Crippen molar-refractivity contribution in [2.24, 2.45) is 0 Å². The molecule has 160 valence electrons. The second-order valence-electron chi connectivity index (χ2n) is 8.42. The van der Waals surface area contributed by atoms with Crippen molar-refractivity contribution in [2.45, 2.75) is 45.1 Å². The molecule has 0 radical (unpaired) electrons. The minimum absolute atomic E-state index is 0.0497. The molecule has 0 saturated heterocycles. The van der Waals surface area contributed by atoms with Gasteiger partial charge in [0.2, 0.25) is 5.91 Å². The van der Waals surface area contributed by atoms with Crippen molar-refractivity contribution in [3.05, 3.63) is 54.1 Å². The van der Waals surface area contributed by atoms with E-state index in [2.05, 4.69) is 38.2 Å². The van der Waals surface area contributed by atoms with E-state index in [1.165, 1.54) is 5.56 Å². The number of hydrogen-bond donors (Lipinski definition) is 1. The molecule has 0 fully saturated rings. The van der Waals surface area contributed by atoms with Crippen molar-refractivity contribution in [3.8, 4) is 11.5 Å². The van der Waals surface area contributed by atoms with Crippen molar-refractivity contribution in [3.63, 3.8) is 0 Å². The lowest BCUT2D eigenvalue weighted by molar-refractivity contribution is -0.128. The molecule has 0 saturated carbocycles. The van der Waals surface area contributed by atoms with Crippen LogP contribution in [0.3, 0.4) is 0 Å². The SMILES string of the molecule is CNC(=O)C1CN(C(=O)CCCOc2ccc(C(C)(C)C)cc2)c2ccccc2O1. The average molecular weight is 411 g/mol. The highest BCUT2D eigenvalue weighted by molar-refractivity contribution is 5.97. The summed E-state index contributed by atoms with van der Waals surface area (Å²) < 4.78 is 11.5. The third-order valence-corrected chi connectivity index (χ3v) is 5.14. The van der Waals surface area contributed by atoms with Crippen LogP contribution in [0.2, 0.25) is 0 Å². The smallest absolute Gasteiger partial charge is 0.262 e. The number of ether oxygens (including phenoxy) is 2. The number of benzene rings is 2. The topological polar surface area (TPSA) is 67.9 Å². The second-order valence-corrected chi connectivity index (χ2v) is 8.42. The van der Waals surface area contributed by atoms with Crippen molar-refractivity contribution < 1.29 is 19.1 Å². The van der Waals surface area contributed by atoms with E-state index in [1.54, 1.807) is 18.0 Å². The summed E-state index contributed by atoms with van der Waals surface area (Å²) in [6.45, 7) is 7.17.